The molecule has 0 saturated carbocycles. The Bertz CT molecular complexity index is 563. The molecular formula is C24H44N2O8. The molecule has 198 valence electrons. The second-order valence-corrected chi connectivity index (χ2v) is 8.33. The molecule has 0 aromatic carbocycles. The summed E-state index contributed by atoms with van der Waals surface area (Å²) in [5, 5.41) is 26.3. The van der Waals surface area contributed by atoms with Crippen molar-refractivity contribution in [3.8, 4) is 0 Å². The molecule has 0 amide bonds. The quantitative estimate of drug-likeness (QED) is 0.0896. The van der Waals surface area contributed by atoms with Crippen LogP contribution >= 0.6 is 0 Å². The monoisotopic (exact) mass is 488 g/mol. The van der Waals surface area contributed by atoms with Gasteiger partial charge in [0.05, 0.1) is 13.0 Å². The van der Waals surface area contributed by atoms with Gasteiger partial charge in [-0.2, -0.15) is 0 Å². The van der Waals surface area contributed by atoms with Crippen LogP contribution in [0, 0.1) is 5.53 Å². The van der Waals surface area contributed by atoms with Gasteiger partial charge in [-0.25, -0.2) is 9.59 Å². The predicted molar refractivity (Wildman–Crippen MR) is 123 cm³/mol. The zero-order valence-electron chi connectivity index (χ0n) is 20.7. The molecule has 0 aromatic heterocycles. The molecule has 3 N–H and O–H groups in total. The molecule has 34 heavy (non-hydrogen) atoms. The summed E-state index contributed by atoms with van der Waals surface area (Å²) >= 11 is 0. The number of esters is 1. The predicted octanol–water partition coefficient (Wildman–Crippen LogP) is 3.74. The summed E-state index contributed by atoms with van der Waals surface area (Å²) in [7, 11) is 0. The highest BCUT2D eigenvalue weighted by Crippen LogP contribution is 2.13. The molecule has 10 nitrogen and oxygen atoms in total. The number of nitrogens with zero attached hydrogens (tertiary/aromatic N) is 1. The van der Waals surface area contributed by atoms with Gasteiger partial charge in [-0.05, 0) is 12.8 Å². The molecule has 0 aliphatic heterocycles. The number of hydrogen-bond donors (Lipinski definition) is 3. The first kappa shape index (κ1) is 33.7. The number of carbonyl (C=O) groups is 4. The third kappa shape index (κ3) is 31.7. The summed E-state index contributed by atoms with van der Waals surface area (Å²) in [5.74, 6) is -4.06. The molecule has 0 saturated heterocycles. The van der Waals surface area contributed by atoms with Crippen molar-refractivity contribution in [3.05, 3.63) is 0 Å². The van der Waals surface area contributed by atoms with Crippen LogP contribution in [0.25, 0.3) is 0 Å². The Kier molecular flexibility index (Phi) is 24.9. The van der Waals surface area contributed by atoms with Crippen molar-refractivity contribution in [2.75, 3.05) is 19.7 Å². The summed E-state index contributed by atoms with van der Waals surface area (Å²) in [6.07, 6.45) is 17.8. The van der Waals surface area contributed by atoms with E-state index in [2.05, 4.69) is 6.92 Å². The fourth-order valence-corrected chi connectivity index (χ4v) is 3.14. The summed E-state index contributed by atoms with van der Waals surface area (Å²) in [6.45, 7) is 1.51. The molecule has 0 unspecified atom stereocenters. The largest absolute Gasteiger partial charge is 0.550 e. The number of hydrogen-bond acceptors (Lipinski definition) is 7. The van der Waals surface area contributed by atoms with E-state index in [1.54, 1.807) is 0 Å². The Morgan fingerprint density at radius 1 is 0.706 bits per heavy atom. The van der Waals surface area contributed by atoms with Crippen LogP contribution in [0.4, 0.5) is 0 Å². The van der Waals surface area contributed by atoms with Crippen LogP contribution in [0.2, 0.25) is 0 Å². The van der Waals surface area contributed by atoms with Crippen molar-refractivity contribution < 1.29 is 43.9 Å². The highest BCUT2D eigenvalue weighted by molar-refractivity contribution is 5.75. The van der Waals surface area contributed by atoms with Gasteiger partial charge in [0.25, 0.3) is 13.1 Å². The summed E-state index contributed by atoms with van der Waals surface area (Å²) in [6, 6.07) is 0. The first-order chi connectivity index (χ1) is 16.2. The van der Waals surface area contributed by atoms with E-state index in [1.807, 2.05) is 0 Å². The summed E-state index contributed by atoms with van der Waals surface area (Å²) in [4.78, 5) is 41.0. The van der Waals surface area contributed by atoms with E-state index < -0.39 is 37.0 Å². The lowest BCUT2D eigenvalue weighted by molar-refractivity contribution is -0.596. The van der Waals surface area contributed by atoms with Crippen LogP contribution < -0.4 is 5.11 Å². The molecule has 0 rings (SSSR count). The molecule has 0 atom stereocenters. The van der Waals surface area contributed by atoms with Gasteiger partial charge in [-0.1, -0.05) is 95.9 Å². The van der Waals surface area contributed by atoms with Crippen molar-refractivity contribution in [1.82, 2.24) is 0 Å². The lowest BCUT2D eigenvalue weighted by Crippen LogP contribution is -2.23. The number of rotatable bonds is 22. The number of unbranched alkanes of at least 4 members (excludes halogenated alkanes) is 13. The van der Waals surface area contributed by atoms with E-state index in [0.29, 0.717) is 11.3 Å². The van der Waals surface area contributed by atoms with Crippen molar-refractivity contribution in [2.45, 2.75) is 110 Å². The van der Waals surface area contributed by atoms with E-state index >= 15 is 0 Å². The lowest BCUT2D eigenvalue weighted by atomic mass is 10.0. The zero-order chi connectivity index (χ0) is 26.0. The Morgan fingerprint density at radius 3 is 1.44 bits per heavy atom. The molecule has 0 heterocycles. The lowest BCUT2D eigenvalue weighted by Gasteiger charge is -2.05. The van der Waals surface area contributed by atoms with Crippen molar-refractivity contribution >= 4 is 23.9 Å². The molecule has 10 heteroatoms. The van der Waals surface area contributed by atoms with E-state index in [0.717, 1.165) is 12.8 Å². The molecule has 0 aliphatic rings. The third-order valence-corrected chi connectivity index (χ3v) is 4.95. The molecule has 0 radical (unpaired) electrons. The minimum absolute atomic E-state index is 0.0824. The van der Waals surface area contributed by atoms with E-state index in [4.69, 9.17) is 20.5 Å². The van der Waals surface area contributed by atoms with Crippen LogP contribution in [0.3, 0.4) is 0 Å². The smallest absolute Gasteiger partial charge is 0.372 e. The van der Waals surface area contributed by atoms with Crippen LogP contribution in [-0.4, -0.2) is 58.5 Å². The maximum Gasteiger partial charge on any atom is 0.372 e. The molecule has 0 fully saturated rings. The maximum atomic E-state index is 11.2. The van der Waals surface area contributed by atoms with E-state index in [-0.39, 0.29) is 12.8 Å². The van der Waals surface area contributed by atoms with Crippen LogP contribution in [0.5, 0.6) is 0 Å². The molecule has 0 spiro atoms. The van der Waals surface area contributed by atoms with E-state index in [1.165, 1.54) is 77.0 Å². The normalized spacial score (nSPS) is 10.1. The second kappa shape index (κ2) is 25.1. The molecular weight excluding hydrogens is 444 g/mol. The van der Waals surface area contributed by atoms with E-state index in [9.17, 15) is 24.3 Å². The van der Waals surface area contributed by atoms with Gasteiger partial charge in [-0.15, -0.1) is 4.70 Å². The first-order valence-corrected chi connectivity index (χ1v) is 12.4. The number of carbonyl (C=O) groups excluding carboxylic acids is 2. The standard InChI is InChI=1S/C20H38O4.C4H6N2O4/c1-2-3-4-5-6-7-8-9-10-11-12-13-14-15-18-24-20(23)17-16-19(21)22;5-6(1-3(7)8)2-4(9)10/h2-18H2,1H3,(H,21,22);5H,1-2H2,(H-,7,8,9,10). The van der Waals surface area contributed by atoms with Gasteiger partial charge in [0.2, 0.25) is 0 Å². The minimum Gasteiger partial charge on any atom is -0.550 e. The van der Waals surface area contributed by atoms with Crippen LogP contribution in [0.15, 0.2) is 0 Å². The molecule has 0 bridgehead atoms. The van der Waals surface area contributed by atoms with Crippen molar-refractivity contribution in [1.29, 1.82) is 5.53 Å². The average molecular weight is 489 g/mol. The maximum absolute atomic E-state index is 11.2. The average Bonchev–Trinajstić information content (AvgIpc) is 2.74. The SMILES string of the molecule is CCCCCCCCCCCCCCCCOC(=O)CCC(=O)[O-].N=[N+](CC(=O)O)CC(=O)O. The first-order valence-electron chi connectivity index (χ1n) is 12.4. The Morgan fingerprint density at radius 2 is 1.09 bits per heavy atom. The van der Waals surface area contributed by atoms with Gasteiger partial charge < -0.3 is 24.9 Å². The zero-order valence-corrected chi connectivity index (χ0v) is 20.7. The molecule has 0 aromatic rings. The van der Waals surface area contributed by atoms with Gasteiger partial charge in [0.1, 0.15) is 0 Å². The number of ether oxygens (including phenoxy) is 1. The third-order valence-electron chi connectivity index (χ3n) is 4.95. The van der Waals surface area contributed by atoms with Gasteiger partial charge >= 0.3 is 17.9 Å². The Labute approximate surface area is 203 Å². The molecule has 0 aliphatic carbocycles. The van der Waals surface area contributed by atoms with Crippen molar-refractivity contribution in [2.24, 2.45) is 0 Å². The summed E-state index contributed by atoms with van der Waals surface area (Å²) in [5.41, 5.74) is 6.70. The number of carboxylic acids is 3. The van der Waals surface area contributed by atoms with Crippen LogP contribution in [-0.2, 0) is 23.9 Å². The topological polar surface area (TPSA) is 168 Å². The fourth-order valence-electron chi connectivity index (χ4n) is 3.14. The summed E-state index contributed by atoms with van der Waals surface area (Å²) < 4.78 is 5.42. The van der Waals surface area contributed by atoms with Gasteiger partial charge in [-0.3, -0.25) is 4.79 Å². The van der Waals surface area contributed by atoms with Gasteiger partial charge in [0, 0.05) is 5.97 Å². The minimum atomic E-state index is -1.21. The second-order valence-electron chi connectivity index (χ2n) is 8.33. The van der Waals surface area contributed by atoms with Crippen molar-refractivity contribution in [3.63, 3.8) is 0 Å². The van der Waals surface area contributed by atoms with Gasteiger partial charge in [0.15, 0.2) is 0 Å². The highest BCUT2D eigenvalue weighted by Gasteiger charge is 2.13. The fraction of sp³-hybridized carbons (Fsp3) is 0.833. The Balaban J connectivity index is 0. The number of nitrogens with one attached hydrogen (secondary N) is 1. The Hall–Kier alpha value is -2.52. The van der Waals surface area contributed by atoms with Crippen LogP contribution in [0.1, 0.15) is 110 Å². The number of carboxylic acid groups (broad SMARTS) is 3. The number of aliphatic carboxylic acids is 3. The highest BCUT2D eigenvalue weighted by atomic mass is 16.5.